The highest BCUT2D eigenvalue weighted by molar-refractivity contribution is 5.70. The third-order valence-corrected chi connectivity index (χ3v) is 9.32. The first kappa shape index (κ1) is 54.6. The third-order valence-electron chi connectivity index (χ3n) is 9.32. The average Bonchev–Trinajstić information content (AvgIpc) is 3.22. The number of hydrogen-bond donors (Lipinski definition) is 0. The van der Waals surface area contributed by atoms with E-state index in [2.05, 4.69) is 124 Å². The number of unbranched alkanes of at least 4 members (excludes halogenated alkanes) is 12. The number of rotatable bonds is 41. The summed E-state index contributed by atoms with van der Waals surface area (Å²) in [4.78, 5) is 25.2. The van der Waals surface area contributed by atoms with Gasteiger partial charge in [-0.25, -0.2) is 0 Å². The maximum atomic E-state index is 12.7. The van der Waals surface area contributed by atoms with Gasteiger partial charge in [0.1, 0.15) is 6.61 Å². The molecule has 5 heteroatoms. The van der Waals surface area contributed by atoms with Crippen molar-refractivity contribution in [3.05, 3.63) is 109 Å². The first-order valence-corrected chi connectivity index (χ1v) is 23.4. The van der Waals surface area contributed by atoms with Crippen LogP contribution in [0.3, 0.4) is 0 Å². The van der Waals surface area contributed by atoms with Crippen molar-refractivity contribution >= 4 is 11.9 Å². The Kier molecular flexibility index (Phi) is 45.1. The summed E-state index contributed by atoms with van der Waals surface area (Å²) in [6.45, 7) is 7.42. The van der Waals surface area contributed by atoms with Crippen LogP contribution in [0.2, 0.25) is 0 Å². The maximum Gasteiger partial charge on any atom is 0.306 e. The predicted molar refractivity (Wildman–Crippen MR) is 251 cm³/mol. The lowest BCUT2D eigenvalue weighted by atomic mass is 10.1. The second kappa shape index (κ2) is 47.9. The van der Waals surface area contributed by atoms with E-state index in [1.807, 2.05) is 6.08 Å². The highest BCUT2D eigenvalue weighted by Crippen LogP contribution is 2.12. The van der Waals surface area contributed by atoms with Crippen LogP contribution in [0.5, 0.6) is 0 Å². The molecule has 0 saturated heterocycles. The van der Waals surface area contributed by atoms with Gasteiger partial charge in [0.05, 0.1) is 6.61 Å². The standard InChI is InChI=1S/C53H86O5/c1-4-7-10-13-16-19-21-23-24-25-26-27-28-29-31-33-36-39-42-45-48-56-49-51(58-53(55)47-44-41-38-34-18-15-12-9-6-3)50-57-52(54)46-43-40-37-35-32-30-22-20-17-14-11-8-5-2/h7-8,10-11,16-17,19-20,23-24,26-27,29-32,37,40,51H,4-6,9,12-15,18,21-22,25,28,33-36,38-39,41-50H2,1-3H3/b10-7-,11-8-,19-16-,20-17-,24-23-,27-26-,31-29-,32-30-,40-37-. The third kappa shape index (κ3) is 45.3. The van der Waals surface area contributed by atoms with Crippen LogP contribution in [0.15, 0.2) is 109 Å². The second-order valence-corrected chi connectivity index (χ2v) is 14.9. The van der Waals surface area contributed by atoms with E-state index in [4.69, 9.17) is 14.2 Å². The van der Waals surface area contributed by atoms with Gasteiger partial charge < -0.3 is 14.2 Å². The van der Waals surface area contributed by atoms with E-state index in [-0.39, 0.29) is 25.2 Å². The zero-order valence-electron chi connectivity index (χ0n) is 37.5. The Morgan fingerprint density at radius 1 is 0.397 bits per heavy atom. The average molecular weight is 803 g/mol. The predicted octanol–water partition coefficient (Wildman–Crippen LogP) is 15.7. The summed E-state index contributed by atoms with van der Waals surface area (Å²) in [5, 5.41) is 0. The van der Waals surface area contributed by atoms with E-state index in [1.165, 1.54) is 44.9 Å². The zero-order chi connectivity index (χ0) is 42.1. The van der Waals surface area contributed by atoms with E-state index in [1.54, 1.807) is 0 Å². The SMILES string of the molecule is CC/C=C\C/C=C\C/C=C\C/C=C\C/C=C\CCCCCCOCC(COC(=O)CC/C=C\C/C=C\C/C=C\C/C=C\CC)OC(=O)CCCCCCCCCCC. The van der Waals surface area contributed by atoms with Crippen molar-refractivity contribution < 1.29 is 23.8 Å². The molecule has 0 radical (unpaired) electrons. The quantitative estimate of drug-likeness (QED) is 0.0350. The Balaban J connectivity index is 4.35. The van der Waals surface area contributed by atoms with Gasteiger partial charge in [-0.3, -0.25) is 9.59 Å². The fraction of sp³-hybridized carbons (Fsp3) is 0.623. The van der Waals surface area contributed by atoms with Crippen LogP contribution in [0.25, 0.3) is 0 Å². The van der Waals surface area contributed by atoms with Gasteiger partial charge in [-0.05, 0) is 89.9 Å². The Hall–Kier alpha value is -3.44. The highest BCUT2D eigenvalue weighted by Gasteiger charge is 2.17. The number of carbonyl (C=O) groups is 2. The molecule has 0 aliphatic heterocycles. The lowest BCUT2D eigenvalue weighted by Gasteiger charge is -2.18. The van der Waals surface area contributed by atoms with Crippen molar-refractivity contribution in [2.45, 2.75) is 194 Å². The van der Waals surface area contributed by atoms with E-state index in [9.17, 15) is 9.59 Å². The van der Waals surface area contributed by atoms with Crippen molar-refractivity contribution in [2.24, 2.45) is 0 Å². The Morgan fingerprint density at radius 2 is 0.810 bits per heavy atom. The molecule has 0 saturated carbocycles. The van der Waals surface area contributed by atoms with Gasteiger partial charge in [-0.1, -0.05) is 194 Å². The van der Waals surface area contributed by atoms with Gasteiger partial charge in [-0.2, -0.15) is 0 Å². The molecule has 58 heavy (non-hydrogen) atoms. The van der Waals surface area contributed by atoms with Gasteiger partial charge in [0.25, 0.3) is 0 Å². The molecule has 0 aliphatic rings. The molecule has 0 heterocycles. The molecule has 0 aromatic heterocycles. The van der Waals surface area contributed by atoms with Crippen molar-refractivity contribution in [2.75, 3.05) is 19.8 Å². The van der Waals surface area contributed by atoms with Crippen LogP contribution in [0.1, 0.15) is 188 Å². The van der Waals surface area contributed by atoms with E-state index >= 15 is 0 Å². The maximum absolute atomic E-state index is 12.7. The van der Waals surface area contributed by atoms with Gasteiger partial charge >= 0.3 is 11.9 Å². The van der Waals surface area contributed by atoms with E-state index in [0.29, 0.717) is 25.9 Å². The summed E-state index contributed by atoms with van der Waals surface area (Å²) in [7, 11) is 0. The van der Waals surface area contributed by atoms with E-state index in [0.717, 1.165) is 103 Å². The van der Waals surface area contributed by atoms with Gasteiger partial charge in [0.2, 0.25) is 0 Å². The first-order valence-electron chi connectivity index (χ1n) is 23.4. The van der Waals surface area contributed by atoms with Crippen molar-refractivity contribution in [1.29, 1.82) is 0 Å². The minimum Gasteiger partial charge on any atom is -0.462 e. The first-order chi connectivity index (χ1) is 28.6. The fourth-order valence-corrected chi connectivity index (χ4v) is 5.90. The highest BCUT2D eigenvalue weighted by atomic mass is 16.6. The molecule has 0 fully saturated rings. The number of ether oxygens (including phenoxy) is 3. The Labute approximate surface area is 357 Å². The normalized spacial score (nSPS) is 13.2. The molecule has 0 aliphatic carbocycles. The lowest BCUT2D eigenvalue weighted by Crippen LogP contribution is -2.30. The molecular formula is C53H86O5. The van der Waals surface area contributed by atoms with Crippen LogP contribution in [0.4, 0.5) is 0 Å². The number of hydrogen-bond acceptors (Lipinski definition) is 5. The molecule has 0 bridgehead atoms. The largest absolute Gasteiger partial charge is 0.462 e. The van der Waals surface area contributed by atoms with Crippen molar-refractivity contribution in [3.63, 3.8) is 0 Å². The summed E-state index contributed by atoms with van der Waals surface area (Å²) in [5.41, 5.74) is 0. The summed E-state index contributed by atoms with van der Waals surface area (Å²) in [6, 6.07) is 0. The van der Waals surface area contributed by atoms with Crippen LogP contribution in [-0.2, 0) is 23.8 Å². The molecule has 0 aromatic rings. The summed E-state index contributed by atoms with van der Waals surface area (Å²) < 4.78 is 17.2. The zero-order valence-corrected chi connectivity index (χ0v) is 37.5. The van der Waals surface area contributed by atoms with Crippen molar-refractivity contribution in [3.8, 4) is 0 Å². The monoisotopic (exact) mass is 803 g/mol. The molecule has 0 amide bonds. The summed E-state index contributed by atoms with van der Waals surface area (Å²) in [6.07, 6.45) is 65.4. The molecule has 328 valence electrons. The summed E-state index contributed by atoms with van der Waals surface area (Å²) >= 11 is 0. The summed E-state index contributed by atoms with van der Waals surface area (Å²) in [5.74, 6) is -0.516. The molecule has 1 atom stereocenters. The minimum absolute atomic E-state index is 0.0315. The molecule has 0 aromatic carbocycles. The van der Waals surface area contributed by atoms with Gasteiger partial charge in [-0.15, -0.1) is 0 Å². The fourth-order valence-electron chi connectivity index (χ4n) is 5.90. The van der Waals surface area contributed by atoms with Crippen LogP contribution in [0, 0.1) is 0 Å². The minimum atomic E-state index is -0.581. The van der Waals surface area contributed by atoms with Crippen molar-refractivity contribution in [1.82, 2.24) is 0 Å². The van der Waals surface area contributed by atoms with Crippen LogP contribution in [-0.4, -0.2) is 37.9 Å². The molecule has 5 nitrogen and oxygen atoms in total. The molecule has 0 N–H and O–H groups in total. The van der Waals surface area contributed by atoms with Gasteiger partial charge in [0, 0.05) is 19.4 Å². The Morgan fingerprint density at radius 3 is 1.31 bits per heavy atom. The molecule has 0 spiro atoms. The van der Waals surface area contributed by atoms with Crippen LogP contribution < -0.4 is 0 Å². The molecule has 0 rings (SSSR count). The molecular weight excluding hydrogens is 717 g/mol. The number of esters is 2. The Bertz CT molecular complexity index is 1180. The second-order valence-electron chi connectivity index (χ2n) is 14.9. The van der Waals surface area contributed by atoms with E-state index < -0.39 is 6.10 Å². The van der Waals surface area contributed by atoms with Crippen LogP contribution >= 0.6 is 0 Å². The van der Waals surface area contributed by atoms with Gasteiger partial charge in [0.15, 0.2) is 6.10 Å². The number of allylic oxidation sites excluding steroid dienone is 18. The topological polar surface area (TPSA) is 61.8 Å². The number of carbonyl (C=O) groups excluding carboxylic acids is 2. The smallest absolute Gasteiger partial charge is 0.306 e. The molecule has 1 unspecified atom stereocenters. The lowest BCUT2D eigenvalue weighted by molar-refractivity contribution is -0.162.